The average molecular weight is 252 g/mol. The van der Waals surface area contributed by atoms with Gasteiger partial charge < -0.3 is 15.4 Å². The van der Waals surface area contributed by atoms with E-state index in [0.717, 1.165) is 24.8 Å². The van der Waals surface area contributed by atoms with E-state index in [0.29, 0.717) is 6.04 Å². The van der Waals surface area contributed by atoms with Gasteiger partial charge in [-0.3, -0.25) is 0 Å². The van der Waals surface area contributed by atoms with Gasteiger partial charge in [0.15, 0.2) is 5.82 Å². The summed E-state index contributed by atoms with van der Waals surface area (Å²) in [6, 6.07) is 2.49. The van der Waals surface area contributed by atoms with Crippen LogP contribution in [0.4, 0.5) is 5.82 Å². The largest absolute Gasteiger partial charge is 0.481 e. The molecular weight excluding hydrogens is 228 g/mol. The van der Waals surface area contributed by atoms with Gasteiger partial charge in [-0.1, -0.05) is 19.3 Å². The molecule has 1 aliphatic rings. The van der Waals surface area contributed by atoms with Crippen LogP contribution in [0.3, 0.4) is 0 Å². The molecule has 2 heterocycles. The zero-order valence-corrected chi connectivity index (χ0v) is 11.4. The lowest BCUT2D eigenvalue weighted by Crippen LogP contribution is -2.37. The Morgan fingerprint density at radius 1 is 1.44 bits per heavy atom. The molecule has 0 saturated carbocycles. The number of aryl methyl sites for hydroxylation is 1. The third-order valence-electron chi connectivity index (χ3n) is 3.49. The number of anilines is 1. The van der Waals surface area contributed by atoms with Gasteiger partial charge in [0.25, 0.3) is 0 Å². The van der Waals surface area contributed by atoms with Crippen LogP contribution < -0.4 is 15.4 Å². The van der Waals surface area contributed by atoms with Crippen molar-refractivity contribution in [3.05, 3.63) is 6.07 Å². The normalized spacial score (nSPS) is 21.1. The van der Waals surface area contributed by atoms with Gasteiger partial charge >= 0.3 is 0 Å². The molecule has 1 aromatic rings. The quantitative estimate of drug-likeness (QED) is 0.857. The fraction of sp³-hybridized carbons (Fsp3) is 0.769. The lowest BCUT2D eigenvalue weighted by atomic mass is 10.0. The van der Waals surface area contributed by atoms with E-state index in [2.05, 4.69) is 15.7 Å². The second-order valence-electron chi connectivity index (χ2n) is 4.93. The highest BCUT2D eigenvalue weighted by Gasteiger charge is 2.11. The molecular formula is C13H24N4O. The van der Waals surface area contributed by atoms with Crippen molar-refractivity contribution < 1.29 is 4.74 Å². The number of nitrogens with zero attached hydrogens (tertiary/aromatic N) is 2. The van der Waals surface area contributed by atoms with Crippen LogP contribution in [0.1, 0.15) is 32.1 Å². The number of ether oxygens (including phenoxy) is 1. The SMILES string of the molecule is COc1cc(NCC2CCCCCCN2)nn1C. The second-order valence-corrected chi connectivity index (χ2v) is 4.93. The predicted octanol–water partition coefficient (Wildman–Crippen LogP) is 1.76. The molecule has 1 unspecified atom stereocenters. The van der Waals surface area contributed by atoms with Gasteiger partial charge in [-0.2, -0.15) is 5.10 Å². The Balaban J connectivity index is 1.81. The van der Waals surface area contributed by atoms with Crippen LogP contribution in [0.25, 0.3) is 0 Å². The molecule has 1 fully saturated rings. The van der Waals surface area contributed by atoms with Crippen molar-refractivity contribution in [2.45, 2.75) is 38.1 Å². The molecule has 18 heavy (non-hydrogen) atoms. The molecule has 2 rings (SSSR count). The topological polar surface area (TPSA) is 51.1 Å². The summed E-state index contributed by atoms with van der Waals surface area (Å²) in [7, 11) is 3.55. The summed E-state index contributed by atoms with van der Waals surface area (Å²) in [5.74, 6) is 1.67. The van der Waals surface area contributed by atoms with Crippen LogP contribution in [-0.4, -0.2) is 36.0 Å². The van der Waals surface area contributed by atoms with Gasteiger partial charge in [0, 0.05) is 25.7 Å². The van der Waals surface area contributed by atoms with Crippen molar-refractivity contribution in [2.24, 2.45) is 7.05 Å². The maximum atomic E-state index is 5.20. The molecule has 0 aliphatic carbocycles. The van der Waals surface area contributed by atoms with E-state index in [1.165, 1.54) is 32.1 Å². The minimum absolute atomic E-state index is 0.554. The number of aromatic nitrogens is 2. The Hall–Kier alpha value is -1.23. The third kappa shape index (κ3) is 3.63. The minimum atomic E-state index is 0.554. The first kappa shape index (κ1) is 13.2. The second kappa shape index (κ2) is 6.64. The molecule has 0 aromatic carbocycles. The van der Waals surface area contributed by atoms with Crippen LogP contribution >= 0.6 is 0 Å². The summed E-state index contributed by atoms with van der Waals surface area (Å²) < 4.78 is 6.94. The summed E-state index contributed by atoms with van der Waals surface area (Å²) in [6.45, 7) is 2.07. The zero-order chi connectivity index (χ0) is 12.8. The zero-order valence-electron chi connectivity index (χ0n) is 11.4. The van der Waals surface area contributed by atoms with E-state index in [-0.39, 0.29) is 0 Å². The molecule has 0 bridgehead atoms. The van der Waals surface area contributed by atoms with Crippen LogP contribution in [0.5, 0.6) is 5.88 Å². The first-order chi connectivity index (χ1) is 8.79. The lowest BCUT2D eigenvalue weighted by Gasteiger charge is -2.21. The fourth-order valence-corrected chi connectivity index (χ4v) is 2.41. The van der Waals surface area contributed by atoms with Crippen LogP contribution in [-0.2, 0) is 7.05 Å². The molecule has 1 atom stereocenters. The molecule has 102 valence electrons. The van der Waals surface area contributed by atoms with Gasteiger partial charge in [-0.05, 0) is 19.4 Å². The highest BCUT2D eigenvalue weighted by atomic mass is 16.5. The number of methoxy groups -OCH3 is 1. The van der Waals surface area contributed by atoms with E-state index in [1.54, 1.807) is 11.8 Å². The van der Waals surface area contributed by atoms with Gasteiger partial charge in [0.05, 0.1) is 7.11 Å². The van der Waals surface area contributed by atoms with Crippen molar-refractivity contribution in [1.29, 1.82) is 0 Å². The summed E-state index contributed by atoms with van der Waals surface area (Å²) in [4.78, 5) is 0. The Bertz CT molecular complexity index is 356. The van der Waals surface area contributed by atoms with Crippen molar-refractivity contribution in [1.82, 2.24) is 15.1 Å². The monoisotopic (exact) mass is 252 g/mol. The Morgan fingerprint density at radius 3 is 3.06 bits per heavy atom. The van der Waals surface area contributed by atoms with E-state index < -0.39 is 0 Å². The van der Waals surface area contributed by atoms with E-state index in [9.17, 15) is 0 Å². The minimum Gasteiger partial charge on any atom is -0.481 e. The number of hydrogen-bond acceptors (Lipinski definition) is 4. The third-order valence-corrected chi connectivity index (χ3v) is 3.49. The average Bonchev–Trinajstić information content (AvgIpc) is 2.68. The summed E-state index contributed by atoms with van der Waals surface area (Å²) in [6.07, 6.45) is 6.61. The molecule has 1 aromatic heterocycles. The van der Waals surface area contributed by atoms with E-state index >= 15 is 0 Å². The van der Waals surface area contributed by atoms with Crippen molar-refractivity contribution >= 4 is 5.82 Å². The molecule has 2 N–H and O–H groups in total. The highest BCUT2D eigenvalue weighted by Crippen LogP contribution is 2.16. The number of nitrogens with one attached hydrogen (secondary N) is 2. The molecule has 0 radical (unpaired) electrons. The van der Waals surface area contributed by atoms with Gasteiger partial charge in [0.2, 0.25) is 5.88 Å². The van der Waals surface area contributed by atoms with E-state index in [4.69, 9.17) is 4.74 Å². The van der Waals surface area contributed by atoms with Crippen LogP contribution in [0.2, 0.25) is 0 Å². The first-order valence-electron chi connectivity index (χ1n) is 6.85. The summed E-state index contributed by atoms with van der Waals surface area (Å²) in [5.41, 5.74) is 0. The Kier molecular flexibility index (Phi) is 4.87. The van der Waals surface area contributed by atoms with Gasteiger partial charge in [-0.15, -0.1) is 0 Å². The molecule has 0 spiro atoms. The first-order valence-corrected chi connectivity index (χ1v) is 6.85. The molecule has 1 saturated heterocycles. The standard InChI is InChI=1S/C13H24N4O/c1-17-13(18-2)9-12(16-17)15-10-11-7-5-3-4-6-8-14-11/h9,11,14H,3-8,10H2,1-2H3,(H,15,16). The summed E-state index contributed by atoms with van der Waals surface area (Å²) in [5, 5.41) is 11.3. The molecule has 1 aliphatic heterocycles. The molecule has 5 heteroatoms. The van der Waals surface area contributed by atoms with Crippen molar-refractivity contribution in [3.8, 4) is 5.88 Å². The van der Waals surface area contributed by atoms with E-state index in [1.807, 2.05) is 13.1 Å². The van der Waals surface area contributed by atoms with Crippen molar-refractivity contribution in [3.63, 3.8) is 0 Å². The Morgan fingerprint density at radius 2 is 2.28 bits per heavy atom. The van der Waals surface area contributed by atoms with Gasteiger partial charge in [-0.25, -0.2) is 4.68 Å². The number of rotatable bonds is 4. The van der Waals surface area contributed by atoms with Gasteiger partial charge in [0.1, 0.15) is 0 Å². The van der Waals surface area contributed by atoms with Crippen LogP contribution in [0.15, 0.2) is 6.07 Å². The molecule has 5 nitrogen and oxygen atoms in total. The summed E-state index contributed by atoms with van der Waals surface area (Å²) >= 11 is 0. The molecule has 0 amide bonds. The predicted molar refractivity (Wildman–Crippen MR) is 73.1 cm³/mol. The fourth-order valence-electron chi connectivity index (χ4n) is 2.41. The maximum Gasteiger partial charge on any atom is 0.213 e. The van der Waals surface area contributed by atoms with Crippen molar-refractivity contribution in [2.75, 3.05) is 25.5 Å². The maximum absolute atomic E-state index is 5.20. The lowest BCUT2D eigenvalue weighted by molar-refractivity contribution is 0.373. The Labute approximate surface area is 109 Å². The highest BCUT2D eigenvalue weighted by molar-refractivity contribution is 5.38. The number of hydrogen-bond donors (Lipinski definition) is 2. The van der Waals surface area contributed by atoms with Crippen LogP contribution in [0, 0.1) is 0 Å². The smallest absolute Gasteiger partial charge is 0.213 e.